The number of carbonyl (C=O) groups excluding carboxylic acids is 3. The van der Waals surface area contributed by atoms with Crippen LogP contribution in [-0.2, 0) is 23.9 Å². The van der Waals surface area contributed by atoms with Crippen molar-refractivity contribution in [3.63, 3.8) is 0 Å². The molecule has 0 radical (unpaired) electrons. The summed E-state index contributed by atoms with van der Waals surface area (Å²) in [6.45, 7) is 14.9. The van der Waals surface area contributed by atoms with Crippen molar-refractivity contribution in [2.24, 2.45) is 23.7 Å². The van der Waals surface area contributed by atoms with E-state index in [-0.39, 0.29) is 35.3 Å². The van der Waals surface area contributed by atoms with Gasteiger partial charge in [0.1, 0.15) is 23.8 Å². The van der Waals surface area contributed by atoms with E-state index in [0.717, 1.165) is 0 Å². The molecule has 0 bridgehead atoms. The Morgan fingerprint density at radius 2 is 1.74 bits per heavy atom. The first-order chi connectivity index (χ1) is 12.6. The van der Waals surface area contributed by atoms with Crippen molar-refractivity contribution < 1.29 is 23.9 Å². The molecule has 0 aliphatic carbocycles. The number of hydrogen-bond acceptors (Lipinski definition) is 5. The van der Waals surface area contributed by atoms with E-state index in [1.807, 2.05) is 41.5 Å². The number of Topliss-reactive ketones (excluding diaryl/α,β-unsaturated/α-hetero) is 2. The molecule has 0 aromatic carbocycles. The molecule has 1 rings (SSSR count). The van der Waals surface area contributed by atoms with E-state index in [1.165, 1.54) is 0 Å². The Balaban J connectivity index is 3.18. The molecular formula is C22H36O5. The molecule has 0 spiro atoms. The van der Waals surface area contributed by atoms with Gasteiger partial charge in [-0.3, -0.25) is 14.4 Å². The molecule has 1 heterocycles. The van der Waals surface area contributed by atoms with Gasteiger partial charge in [0.2, 0.25) is 0 Å². The van der Waals surface area contributed by atoms with Gasteiger partial charge in [-0.15, -0.1) is 0 Å². The molecule has 5 heteroatoms. The van der Waals surface area contributed by atoms with Gasteiger partial charge < -0.3 is 9.47 Å². The van der Waals surface area contributed by atoms with E-state index < -0.39 is 18.1 Å². The van der Waals surface area contributed by atoms with E-state index in [9.17, 15) is 14.4 Å². The Kier molecular flexibility index (Phi) is 8.70. The largest absolute Gasteiger partial charge is 0.493 e. The number of allylic oxidation sites excluding steroid dienone is 2. The van der Waals surface area contributed by atoms with Crippen molar-refractivity contribution in [1.29, 1.82) is 0 Å². The fourth-order valence-corrected chi connectivity index (χ4v) is 3.67. The van der Waals surface area contributed by atoms with Crippen molar-refractivity contribution in [1.82, 2.24) is 0 Å². The number of rotatable bonds is 9. The van der Waals surface area contributed by atoms with E-state index in [1.54, 1.807) is 13.8 Å². The first-order valence-electron chi connectivity index (χ1n) is 10.2. The highest BCUT2D eigenvalue weighted by atomic mass is 16.5. The van der Waals surface area contributed by atoms with Gasteiger partial charge in [0, 0.05) is 24.3 Å². The maximum atomic E-state index is 12.7. The van der Waals surface area contributed by atoms with E-state index in [0.29, 0.717) is 30.6 Å². The van der Waals surface area contributed by atoms with Crippen LogP contribution in [0.2, 0.25) is 0 Å². The number of esters is 1. The second-order valence-corrected chi connectivity index (χ2v) is 7.82. The van der Waals surface area contributed by atoms with E-state index in [4.69, 9.17) is 9.47 Å². The number of ketones is 2. The molecule has 0 unspecified atom stereocenters. The fraction of sp³-hybridized carbons (Fsp3) is 0.773. The number of carbonyl (C=O) groups is 3. The minimum atomic E-state index is -0.615. The Morgan fingerprint density at radius 3 is 2.22 bits per heavy atom. The topological polar surface area (TPSA) is 69.7 Å². The molecule has 0 fully saturated rings. The average Bonchev–Trinajstić information content (AvgIpc) is 2.67. The van der Waals surface area contributed by atoms with Gasteiger partial charge in [-0.1, -0.05) is 48.5 Å². The average molecular weight is 381 g/mol. The summed E-state index contributed by atoms with van der Waals surface area (Å²) in [5.74, 6) is -0.804. The minimum absolute atomic E-state index is 0.0426. The molecule has 0 aromatic rings. The summed E-state index contributed by atoms with van der Waals surface area (Å²) in [7, 11) is 0. The Morgan fingerprint density at radius 1 is 1.15 bits per heavy atom. The molecular weight excluding hydrogens is 344 g/mol. The summed E-state index contributed by atoms with van der Waals surface area (Å²) in [6, 6.07) is 0. The summed E-state index contributed by atoms with van der Waals surface area (Å²) in [4.78, 5) is 37.5. The van der Waals surface area contributed by atoms with Crippen LogP contribution in [0.5, 0.6) is 0 Å². The molecule has 1 aliphatic rings. The Hall–Kier alpha value is -1.65. The maximum Gasteiger partial charge on any atom is 0.308 e. The lowest BCUT2D eigenvalue weighted by Crippen LogP contribution is -2.47. The minimum Gasteiger partial charge on any atom is -0.493 e. The van der Waals surface area contributed by atoms with Gasteiger partial charge in [0.25, 0.3) is 0 Å². The quantitative estimate of drug-likeness (QED) is 0.552. The van der Waals surface area contributed by atoms with Gasteiger partial charge in [-0.05, 0) is 13.3 Å². The maximum absolute atomic E-state index is 12.7. The third kappa shape index (κ3) is 5.20. The summed E-state index contributed by atoms with van der Waals surface area (Å²) in [5.41, 5.74) is 0.666. The van der Waals surface area contributed by atoms with Crippen molar-refractivity contribution in [2.75, 3.05) is 0 Å². The summed E-state index contributed by atoms with van der Waals surface area (Å²) >= 11 is 0. The standard InChI is InChI=1S/C22H36O5/c1-9-12(4)22(25)27-20(13(5)17(23)10-2)16(8)21-15(7)19(24)14(6)18(11-3)26-21/h12-13,15-16,20-21H,9-11H2,1-8H3/t12-,13+,15+,16-,20-,21+/m1/s1. The molecule has 154 valence electrons. The Labute approximate surface area is 163 Å². The molecule has 0 saturated carbocycles. The predicted molar refractivity (Wildman–Crippen MR) is 105 cm³/mol. The van der Waals surface area contributed by atoms with Crippen LogP contribution >= 0.6 is 0 Å². The van der Waals surface area contributed by atoms with Crippen LogP contribution in [0.15, 0.2) is 11.3 Å². The van der Waals surface area contributed by atoms with Crippen LogP contribution < -0.4 is 0 Å². The third-order valence-electron chi connectivity index (χ3n) is 5.95. The van der Waals surface area contributed by atoms with Gasteiger partial charge in [0.05, 0.1) is 17.8 Å². The van der Waals surface area contributed by atoms with Crippen molar-refractivity contribution >= 4 is 17.5 Å². The molecule has 1 aliphatic heterocycles. The van der Waals surface area contributed by atoms with Crippen molar-refractivity contribution in [3.8, 4) is 0 Å². The van der Waals surface area contributed by atoms with Gasteiger partial charge >= 0.3 is 5.97 Å². The zero-order chi connectivity index (χ0) is 20.9. The molecule has 27 heavy (non-hydrogen) atoms. The Bertz CT molecular complexity index is 592. The van der Waals surface area contributed by atoms with E-state index >= 15 is 0 Å². The zero-order valence-electron chi connectivity index (χ0n) is 18.1. The first-order valence-corrected chi connectivity index (χ1v) is 10.2. The fourth-order valence-electron chi connectivity index (χ4n) is 3.67. The van der Waals surface area contributed by atoms with Crippen LogP contribution in [0.3, 0.4) is 0 Å². The van der Waals surface area contributed by atoms with Crippen molar-refractivity contribution in [3.05, 3.63) is 11.3 Å². The highest BCUT2D eigenvalue weighted by molar-refractivity contribution is 5.98. The van der Waals surface area contributed by atoms with Crippen LogP contribution in [0.4, 0.5) is 0 Å². The SMILES string of the molecule is CCC(=O)[C@H](C)[C@@H](OC(=O)[C@H](C)CC)[C@@H](C)[C@H]1OC(CC)=C(C)C(=O)[C@@H]1C. The summed E-state index contributed by atoms with van der Waals surface area (Å²) < 4.78 is 12.0. The zero-order valence-corrected chi connectivity index (χ0v) is 18.1. The monoisotopic (exact) mass is 380 g/mol. The number of ether oxygens (including phenoxy) is 2. The van der Waals surface area contributed by atoms with Gasteiger partial charge in [-0.25, -0.2) is 0 Å². The van der Waals surface area contributed by atoms with Crippen LogP contribution in [0, 0.1) is 23.7 Å². The summed E-state index contributed by atoms with van der Waals surface area (Å²) in [5, 5.41) is 0. The molecule has 0 N–H and O–H groups in total. The van der Waals surface area contributed by atoms with Crippen LogP contribution in [0.1, 0.15) is 74.7 Å². The molecule has 5 nitrogen and oxygen atoms in total. The van der Waals surface area contributed by atoms with Crippen LogP contribution in [-0.4, -0.2) is 29.7 Å². The molecule has 6 atom stereocenters. The highest BCUT2D eigenvalue weighted by Gasteiger charge is 2.43. The third-order valence-corrected chi connectivity index (χ3v) is 5.95. The second kappa shape index (κ2) is 10.0. The lowest BCUT2D eigenvalue weighted by Gasteiger charge is -2.39. The van der Waals surface area contributed by atoms with Crippen LogP contribution in [0.25, 0.3) is 0 Å². The van der Waals surface area contributed by atoms with Gasteiger partial charge in [-0.2, -0.15) is 0 Å². The lowest BCUT2D eigenvalue weighted by atomic mass is 9.78. The smallest absolute Gasteiger partial charge is 0.308 e. The normalized spacial score (nSPS) is 24.7. The predicted octanol–water partition coefficient (Wildman–Crippen LogP) is 4.48. The molecule has 0 aromatic heterocycles. The second-order valence-electron chi connectivity index (χ2n) is 7.82. The van der Waals surface area contributed by atoms with Gasteiger partial charge in [0.15, 0.2) is 5.78 Å². The summed E-state index contributed by atoms with van der Waals surface area (Å²) in [6.07, 6.45) is 0.652. The highest BCUT2D eigenvalue weighted by Crippen LogP contribution is 2.35. The lowest BCUT2D eigenvalue weighted by molar-refractivity contribution is -0.166. The molecule has 0 amide bonds. The first kappa shape index (κ1) is 23.4. The number of hydrogen-bond donors (Lipinski definition) is 0. The molecule has 0 saturated heterocycles. The van der Waals surface area contributed by atoms with E-state index in [2.05, 4.69) is 0 Å². The van der Waals surface area contributed by atoms with Crippen molar-refractivity contribution in [2.45, 2.75) is 86.9 Å².